The van der Waals surface area contributed by atoms with Crippen LogP contribution in [0.5, 0.6) is 11.5 Å². The number of methoxy groups -OCH3 is 1. The number of ether oxygens (including phenoxy) is 3. The van der Waals surface area contributed by atoms with Gasteiger partial charge in [0.15, 0.2) is 0 Å². The summed E-state index contributed by atoms with van der Waals surface area (Å²) < 4.78 is 16.9. The summed E-state index contributed by atoms with van der Waals surface area (Å²) in [7, 11) is 1.63. The monoisotopic (exact) mass is 480 g/mol. The van der Waals surface area contributed by atoms with Gasteiger partial charge >= 0.3 is 0 Å². The van der Waals surface area contributed by atoms with Crippen molar-refractivity contribution in [3.05, 3.63) is 48.0 Å². The summed E-state index contributed by atoms with van der Waals surface area (Å²) in [6, 6.07) is 13.2. The Morgan fingerprint density at radius 3 is 2.43 bits per heavy atom. The maximum atomic E-state index is 13.8. The number of nitrogens with one attached hydrogen (secondary N) is 1. The van der Waals surface area contributed by atoms with Gasteiger partial charge in [-0.15, -0.1) is 0 Å². The fraction of sp³-hybridized carbons (Fsp3) is 0.500. The highest BCUT2D eigenvalue weighted by atomic mass is 16.5. The Kier molecular flexibility index (Phi) is 7.08. The van der Waals surface area contributed by atoms with E-state index in [9.17, 15) is 9.59 Å². The first-order chi connectivity index (χ1) is 16.7. The van der Waals surface area contributed by atoms with Gasteiger partial charge < -0.3 is 24.4 Å². The maximum Gasteiger partial charge on any atom is 0.236 e. The third-order valence-corrected chi connectivity index (χ3v) is 6.89. The van der Waals surface area contributed by atoms with Gasteiger partial charge in [-0.2, -0.15) is 0 Å². The topological polar surface area (TPSA) is 77.1 Å². The minimum absolute atomic E-state index is 0.0209. The first-order valence-corrected chi connectivity index (χ1v) is 12.3. The highest BCUT2D eigenvalue weighted by Gasteiger charge is 2.42. The predicted molar refractivity (Wildman–Crippen MR) is 136 cm³/mol. The minimum Gasteiger partial charge on any atom is -0.497 e. The second-order valence-electron chi connectivity index (χ2n) is 10.5. The number of benzene rings is 2. The normalized spacial score (nSPS) is 18.9. The fourth-order valence-electron chi connectivity index (χ4n) is 4.80. The van der Waals surface area contributed by atoms with Crippen LogP contribution < -0.4 is 19.7 Å². The molecule has 0 aliphatic carbocycles. The molecule has 2 aromatic carbocycles. The van der Waals surface area contributed by atoms with Crippen molar-refractivity contribution in [2.75, 3.05) is 43.7 Å². The van der Waals surface area contributed by atoms with Crippen molar-refractivity contribution in [1.82, 2.24) is 0 Å². The maximum absolute atomic E-state index is 13.8. The number of hydrogen-bond acceptors (Lipinski definition) is 5. The van der Waals surface area contributed by atoms with Gasteiger partial charge in [-0.1, -0.05) is 26.0 Å². The van der Waals surface area contributed by atoms with Gasteiger partial charge in [0, 0.05) is 25.4 Å². The van der Waals surface area contributed by atoms with E-state index in [4.69, 9.17) is 14.2 Å². The molecule has 188 valence electrons. The van der Waals surface area contributed by atoms with Gasteiger partial charge in [0.2, 0.25) is 11.8 Å². The van der Waals surface area contributed by atoms with Crippen LogP contribution in [0.2, 0.25) is 0 Å². The van der Waals surface area contributed by atoms with Crippen molar-refractivity contribution in [3.8, 4) is 11.5 Å². The van der Waals surface area contributed by atoms with E-state index in [2.05, 4.69) is 19.2 Å². The standard InChI is InChI=1S/C28H36N2O5/c1-19(2)17-30-23-16-21(8-11-24(23)35-18-27(3,4)26(30)32)29-25(31)28(12-14-34-15-13-28)20-6-9-22(33-5)10-7-20/h6-11,16,19H,12-15,17-18H2,1-5H3,(H,29,31). The van der Waals surface area contributed by atoms with Crippen LogP contribution in [0.25, 0.3) is 0 Å². The Morgan fingerprint density at radius 1 is 1.11 bits per heavy atom. The van der Waals surface area contributed by atoms with E-state index in [1.807, 2.05) is 56.3 Å². The molecule has 35 heavy (non-hydrogen) atoms. The lowest BCUT2D eigenvalue weighted by atomic mass is 9.73. The molecule has 2 amide bonds. The van der Waals surface area contributed by atoms with E-state index in [1.165, 1.54) is 0 Å². The average molecular weight is 481 g/mol. The molecule has 0 radical (unpaired) electrons. The molecular weight excluding hydrogens is 444 g/mol. The summed E-state index contributed by atoms with van der Waals surface area (Å²) in [6.07, 6.45) is 1.18. The van der Waals surface area contributed by atoms with Crippen LogP contribution in [-0.2, 0) is 19.7 Å². The first kappa shape index (κ1) is 25.0. The van der Waals surface area contributed by atoms with Gasteiger partial charge in [0.1, 0.15) is 18.1 Å². The van der Waals surface area contributed by atoms with Crippen LogP contribution in [0, 0.1) is 11.3 Å². The zero-order chi connectivity index (χ0) is 25.2. The van der Waals surface area contributed by atoms with Crippen molar-refractivity contribution in [3.63, 3.8) is 0 Å². The van der Waals surface area contributed by atoms with E-state index < -0.39 is 10.8 Å². The molecule has 2 aromatic rings. The summed E-state index contributed by atoms with van der Waals surface area (Å²) in [5.74, 6) is 1.62. The molecule has 0 unspecified atom stereocenters. The number of nitrogens with zero attached hydrogens (tertiary/aromatic N) is 1. The Bertz CT molecular complexity index is 1070. The van der Waals surface area contributed by atoms with Gasteiger partial charge in [-0.3, -0.25) is 9.59 Å². The Labute approximate surface area is 207 Å². The number of rotatable bonds is 6. The average Bonchev–Trinajstić information content (AvgIpc) is 2.94. The third-order valence-electron chi connectivity index (χ3n) is 6.89. The summed E-state index contributed by atoms with van der Waals surface area (Å²) in [6.45, 7) is 9.89. The lowest BCUT2D eigenvalue weighted by molar-refractivity contribution is -0.127. The molecule has 7 heteroatoms. The summed E-state index contributed by atoms with van der Waals surface area (Å²) >= 11 is 0. The Hall–Kier alpha value is -3.06. The third kappa shape index (κ3) is 5.01. The van der Waals surface area contributed by atoms with Crippen LogP contribution >= 0.6 is 0 Å². The van der Waals surface area contributed by atoms with Gasteiger partial charge in [0.05, 0.1) is 23.6 Å². The van der Waals surface area contributed by atoms with Crippen molar-refractivity contribution in [1.29, 1.82) is 0 Å². The minimum atomic E-state index is -0.705. The van der Waals surface area contributed by atoms with Crippen molar-refractivity contribution in [2.24, 2.45) is 11.3 Å². The number of hydrogen-bond donors (Lipinski definition) is 1. The number of carbonyl (C=O) groups excluding carboxylic acids is 2. The molecule has 0 bridgehead atoms. The van der Waals surface area contributed by atoms with E-state index in [1.54, 1.807) is 12.0 Å². The molecular formula is C28H36N2O5. The molecule has 1 fully saturated rings. The van der Waals surface area contributed by atoms with Crippen LogP contribution in [0.1, 0.15) is 46.1 Å². The fourth-order valence-corrected chi connectivity index (χ4v) is 4.80. The molecule has 4 rings (SSSR count). The lowest BCUT2D eigenvalue weighted by Gasteiger charge is -2.36. The van der Waals surface area contributed by atoms with Crippen molar-refractivity contribution >= 4 is 23.2 Å². The molecule has 2 heterocycles. The second kappa shape index (κ2) is 9.90. The molecule has 0 aromatic heterocycles. The summed E-state index contributed by atoms with van der Waals surface area (Å²) in [4.78, 5) is 29.0. The van der Waals surface area contributed by atoms with Gasteiger partial charge in [-0.05, 0) is 68.5 Å². The molecule has 2 aliphatic heterocycles. The van der Waals surface area contributed by atoms with E-state index in [0.717, 1.165) is 11.3 Å². The smallest absolute Gasteiger partial charge is 0.236 e. The second-order valence-corrected chi connectivity index (χ2v) is 10.5. The first-order valence-electron chi connectivity index (χ1n) is 12.3. The lowest BCUT2D eigenvalue weighted by Crippen LogP contribution is -2.45. The van der Waals surface area contributed by atoms with E-state index in [0.29, 0.717) is 56.3 Å². The van der Waals surface area contributed by atoms with Crippen LogP contribution in [0.3, 0.4) is 0 Å². The van der Waals surface area contributed by atoms with E-state index in [-0.39, 0.29) is 17.7 Å². The molecule has 1 saturated heterocycles. The highest BCUT2D eigenvalue weighted by molar-refractivity contribution is 6.02. The predicted octanol–water partition coefficient (Wildman–Crippen LogP) is 4.79. The number of carbonyl (C=O) groups is 2. The van der Waals surface area contributed by atoms with Crippen molar-refractivity contribution in [2.45, 2.75) is 46.0 Å². The van der Waals surface area contributed by atoms with Gasteiger partial charge in [-0.25, -0.2) is 0 Å². The van der Waals surface area contributed by atoms with Gasteiger partial charge in [0.25, 0.3) is 0 Å². The highest BCUT2D eigenvalue weighted by Crippen LogP contribution is 2.40. The quantitative estimate of drug-likeness (QED) is 0.643. The molecule has 2 aliphatic rings. The Morgan fingerprint density at radius 2 is 1.80 bits per heavy atom. The zero-order valence-corrected chi connectivity index (χ0v) is 21.3. The molecule has 0 atom stereocenters. The Balaban J connectivity index is 1.67. The number of fused-ring (bicyclic) bond motifs is 1. The van der Waals surface area contributed by atoms with Crippen LogP contribution in [0.15, 0.2) is 42.5 Å². The zero-order valence-electron chi connectivity index (χ0n) is 21.3. The molecule has 1 N–H and O–H groups in total. The largest absolute Gasteiger partial charge is 0.497 e. The number of anilines is 2. The summed E-state index contributed by atoms with van der Waals surface area (Å²) in [5.41, 5.74) is 0.923. The molecule has 0 spiro atoms. The van der Waals surface area contributed by atoms with Crippen LogP contribution in [0.4, 0.5) is 11.4 Å². The number of amides is 2. The van der Waals surface area contributed by atoms with E-state index >= 15 is 0 Å². The van der Waals surface area contributed by atoms with Crippen molar-refractivity contribution < 1.29 is 23.8 Å². The summed E-state index contributed by atoms with van der Waals surface area (Å²) in [5, 5.41) is 3.14. The van der Waals surface area contributed by atoms with Crippen LogP contribution in [-0.4, -0.2) is 45.3 Å². The SMILES string of the molecule is COc1ccc(C2(C(=O)Nc3ccc4c(c3)N(CC(C)C)C(=O)C(C)(C)CO4)CCOCC2)cc1. The molecule has 0 saturated carbocycles. The molecule has 7 nitrogen and oxygen atoms in total.